The molecule has 2 aromatic rings. The van der Waals surface area contributed by atoms with Crippen LogP contribution in [0.2, 0.25) is 15.1 Å². The topological polar surface area (TPSA) is 64.6 Å². The van der Waals surface area contributed by atoms with E-state index in [1.807, 2.05) is 6.92 Å². The van der Waals surface area contributed by atoms with E-state index >= 15 is 0 Å². The van der Waals surface area contributed by atoms with E-state index in [-0.39, 0.29) is 15.7 Å². The Balaban J connectivity index is 2.02. The van der Waals surface area contributed by atoms with Crippen LogP contribution in [0, 0.1) is 0 Å². The molecule has 5 nitrogen and oxygen atoms in total. The van der Waals surface area contributed by atoms with Crippen LogP contribution in [0.5, 0.6) is 5.75 Å². The largest absolute Gasteiger partial charge is 0.479 e. The highest BCUT2D eigenvalue weighted by atomic mass is 35.5. The SMILES string of the molecule is CCCOC(=O)C(C)Oc1ccc(C(=O)Nc2c(Cl)cc(Cl)cc2Cl)cc1. The van der Waals surface area contributed by atoms with E-state index in [2.05, 4.69) is 5.32 Å². The lowest BCUT2D eigenvalue weighted by molar-refractivity contribution is -0.151. The normalized spacial score (nSPS) is 11.6. The number of carbonyl (C=O) groups excluding carboxylic acids is 2. The third-order valence-corrected chi connectivity index (χ3v) is 4.27. The summed E-state index contributed by atoms with van der Waals surface area (Å²) in [5.41, 5.74) is 0.644. The predicted octanol–water partition coefficient (Wildman–Crippen LogP) is 5.62. The molecule has 144 valence electrons. The number of nitrogens with one attached hydrogen (secondary N) is 1. The Morgan fingerprint density at radius 2 is 1.67 bits per heavy atom. The van der Waals surface area contributed by atoms with Crippen LogP contribution in [0.1, 0.15) is 30.6 Å². The zero-order valence-corrected chi connectivity index (χ0v) is 17.0. The molecule has 0 spiro atoms. The number of anilines is 1. The van der Waals surface area contributed by atoms with Crippen LogP contribution in [0.15, 0.2) is 36.4 Å². The molecule has 0 aromatic heterocycles. The van der Waals surface area contributed by atoms with Gasteiger partial charge in [0.1, 0.15) is 5.75 Å². The van der Waals surface area contributed by atoms with Crippen LogP contribution in [-0.4, -0.2) is 24.6 Å². The zero-order valence-electron chi connectivity index (χ0n) is 14.7. The summed E-state index contributed by atoms with van der Waals surface area (Å²) in [6, 6.07) is 9.27. The molecule has 1 N–H and O–H groups in total. The van der Waals surface area contributed by atoms with Gasteiger partial charge in [0.25, 0.3) is 5.91 Å². The van der Waals surface area contributed by atoms with Crippen LogP contribution in [0.25, 0.3) is 0 Å². The zero-order chi connectivity index (χ0) is 20.0. The molecule has 2 aromatic carbocycles. The molecule has 2 rings (SSSR count). The molecule has 27 heavy (non-hydrogen) atoms. The van der Waals surface area contributed by atoms with Crippen molar-refractivity contribution in [3.63, 3.8) is 0 Å². The van der Waals surface area contributed by atoms with E-state index in [1.165, 1.54) is 12.1 Å². The van der Waals surface area contributed by atoms with Gasteiger partial charge in [-0.25, -0.2) is 4.79 Å². The fourth-order valence-corrected chi connectivity index (χ4v) is 3.02. The number of benzene rings is 2. The summed E-state index contributed by atoms with van der Waals surface area (Å²) in [6.45, 7) is 3.86. The highest BCUT2D eigenvalue weighted by molar-refractivity contribution is 6.42. The Labute approximate surface area is 172 Å². The van der Waals surface area contributed by atoms with Crippen LogP contribution in [0.3, 0.4) is 0 Å². The number of carbonyl (C=O) groups is 2. The molecule has 0 radical (unpaired) electrons. The molecule has 0 bridgehead atoms. The highest BCUT2D eigenvalue weighted by Crippen LogP contribution is 2.34. The van der Waals surface area contributed by atoms with Crippen molar-refractivity contribution in [3.8, 4) is 5.75 Å². The van der Waals surface area contributed by atoms with E-state index in [4.69, 9.17) is 44.3 Å². The van der Waals surface area contributed by atoms with Crippen molar-refractivity contribution in [1.29, 1.82) is 0 Å². The number of hydrogen-bond donors (Lipinski definition) is 1. The Kier molecular flexibility index (Phi) is 7.78. The first-order chi connectivity index (χ1) is 12.8. The minimum Gasteiger partial charge on any atom is -0.479 e. The summed E-state index contributed by atoms with van der Waals surface area (Å²) in [7, 11) is 0. The van der Waals surface area contributed by atoms with E-state index in [0.717, 1.165) is 6.42 Å². The third-order valence-electron chi connectivity index (χ3n) is 3.46. The molecule has 1 amide bonds. The Morgan fingerprint density at radius 3 is 2.22 bits per heavy atom. The van der Waals surface area contributed by atoms with Gasteiger partial charge in [-0.2, -0.15) is 0 Å². The van der Waals surface area contributed by atoms with E-state index in [0.29, 0.717) is 22.9 Å². The number of rotatable bonds is 7. The van der Waals surface area contributed by atoms with E-state index in [1.54, 1.807) is 31.2 Å². The number of amides is 1. The van der Waals surface area contributed by atoms with Crippen LogP contribution in [0.4, 0.5) is 5.69 Å². The molecule has 0 heterocycles. The first-order valence-corrected chi connectivity index (χ1v) is 9.34. The molecule has 0 saturated heterocycles. The first-order valence-electron chi connectivity index (χ1n) is 8.21. The van der Waals surface area contributed by atoms with E-state index < -0.39 is 18.0 Å². The van der Waals surface area contributed by atoms with Crippen molar-refractivity contribution >= 4 is 52.4 Å². The smallest absolute Gasteiger partial charge is 0.347 e. The fraction of sp³-hybridized carbons (Fsp3) is 0.263. The van der Waals surface area contributed by atoms with E-state index in [9.17, 15) is 9.59 Å². The van der Waals surface area contributed by atoms with Gasteiger partial charge in [0.05, 0.1) is 22.3 Å². The molecule has 0 fully saturated rings. The second-order valence-corrected chi connectivity index (χ2v) is 6.90. The lowest BCUT2D eigenvalue weighted by atomic mass is 10.2. The molecular formula is C19H18Cl3NO4. The molecule has 1 unspecified atom stereocenters. The maximum Gasteiger partial charge on any atom is 0.347 e. The van der Waals surface area contributed by atoms with Gasteiger partial charge in [-0.05, 0) is 49.7 Å². The lowest BCUT2D eigenvalue weighted by Crippen LogP contribution is -2.26. The van der Waals surface area contributed by atoms with Gasteiger partial charge < -0.3 is 14.8 Å². The maximum atomic E-state index is 12.4. The predicted molar refractivity (Wildman–Crippen MR) is 107 cm³/mol. The minimum atomic E-state index is -0.747. The van der Waals surface area contributed by atoms with Crippen LogP contribution >= 0.6 is 34.8 Å². The monoisotopic (exact) mass is 429 g/mol. The summed E-state index contributed by atoms with van der Waals surface area (Å²) < 4.78 is 10.5. The summed E-state index contributed by atoms with van der Waals surface area (Å²) in [4.78, 5) is 24.1. The fourth-order valence-electron chi connectivity index (χ4n) is 2.10. The summed E-state index contributed by atoms with van der Waals surface area (Å²) in [5.74, 6) is -0.399. The Hall–Kier alpha value is -1.95. The maximum absolute atomic E-state index is 12.4. The third kappa shape index (κ3) is 6.03. The summed E-state index contributed by atoms with van der Waals surface area (Å²) >= 11 is 18.0. The second-order valence-electron chi connectivity index (χ2n) is 5.65. The average Bonchev–Trinajstić information content (AvgIpc) is 2.63. The Morgan fingerprint density at radius 1 is 1.07 bits per heavy atom. The van der Waals surface area contributed by atoms with Crippen LogP contribution < -0.4 is 10.1 Å². The lowest BCUT2D eigenvalue weighted by Gasteiger charge is -2.14. The van der Waals surface area contributed by atoms with Crippen molar-refractivity contribution in [1.82, 2.24) is 0 Å². The summed E-state index contributed by atoms with van der Waals surface area (Å²) in [6.07, 6.45) is -0.00731. The van der Waals surface area contributed by atoms with Crippen molar-refractivity contribution in [2.75, 3.05) is 11.9 Å². The second kappa shape index (κ2) is 9.83. The standard InChI is InChI=1S/C19H18Cl3NO4/c1-3-8-26-19(25)11(2)27-14-6-4-12(5-7-14)18(24)23-17-15(21)9-13(20)10-16(17)22/h4-7,9-11H,3,8H2,1-2H3,(H,23,24). The minimum absolute atomic E-state index is 0.236. The Bertz CT molecular complexity index is 801. The molecule has 0 saturated carbocycles. The van der Waals surface area contributed by atoms with Gasteiger partial charge in [0.15, 0.2) is 6.10 Å². The molecule has 8 heteroatoms. The van der Waals surface area contributed by atoms with Crippen molar-refractivity contribution in [2.45, 2.75) is 26.4 Å². The number of halogens is 3. The van der Waals surface area contributed by atoms with Gasteiger partial charge in [-0.15, -0.1) is 0 Å². The number of hydrogen-bond acceptors (Lipinski definition) is 4. The highest BCUT2D eigenvalue weighted by Gasteiger charge is 2.17. The number of ether oxygens (including phenoxy) is 2. The molecular weight excluding hydrogens is 413 g/mol. The van der Waals surface area contributed by atoms with Crippen molar-refractivity contribution in [3.05, 3.63) is 57.0 Å². The first kappa shape index (κ1) is 21.4. The average molecular weight is 431 g/mol. The van der Waals surface area contributed by atoms with Crippen LogP contribution in [-0.2, 0) is 9.53 Å². The van der Waals surface area contributed by atoms with Gasteiger partial charge in [0.2, 0.25) is 0 Å². The van der Waals surface area contributed by atoms with Gasteiger partial charge in [-0.1, -0.05) is 41.7 Å². The molecule has 0 aliphatic heterocycles. The molecule has 0 aliphatic carbocycles. The summed E-state index contributed by atoms with van der Waals surface area (Å²) in [5, 5.41) is 3.49. The van der Waals surface area contributed by atoms with Gasteiger partial charge >= 0.3 is 5.97 Å². The number of esters is 1. The molecule has 0 aliphatic rings. The molecule has 1 atom stereocenters. The van der Waals surface area contributed by atoms with Crippen molar-refractivity contribution < 1.29 is 19.1 Å². The van der Waals surface area contributed by atoms with Crippen molar-refractivity contribution in [2.24, 2.45) is 0 Å². The quantitative estimate of drug-likeness (QED) is 0.579. The van der Waals surface area contributed by atoms with Gasteiger partial charge in [0, 0.05) is 10.6 Å². The van der Waals surface area contributed by atoms with Gasteiger partial charge in [-0.3, -0.25) is 4.79 Å².